The Morgan fingerprint density at radius 1 is 1.20 bits per heavy atom. The van der Waals surface area contributed by atoms with E-state index in [0.29, 0.717) is 36.9 Å². The molecule has 1 aliphatic heterocycles. The van der Waals surface area contributed by atoms with Crippen LogP contribution in [0.4, 0.5) is 4.39 Å². The highest BCUT2D eigenvalue weighted by molar-refractivity contribution is 7.90. The predicted molar refractivity (Wildman–Crippen MR) is 120 cm³/mol. The van der Waals surface area contributed by atoms with Gasteiger partial charge >= 0.3 is 0 Å². The van der Waals surface area contributed by atoms with Gasteiger partial charge in [0.25, 0.3) is 0 Å². The number of rotatable bonds is 7. The molecule has 1 fully saturated rings. The van der Waals surface area contributed by atoms with E-state index in [1.165, 1.54) is 0 Å². The summed E-state index contributed by atoms with van der Waals surface area (Å²) in [7, 11) is 0. The van der Waals surface area contributed by atoms with Crippen molar-refractivity contribution in [2.75, 3.05) is 13.2 Å². The van der Waals surface area contributed by atoms with Crippen molar-refractivity contribution >= 4 is 23.0 Å². The van der Waals surface area contributed by atoms with E-state index in [0.717, 1.165) is 12.8 Å². The first kappa shape index (κ1) is 23.4. The maximum atomic E-state index is 15.6. The van der Waals surface area contributed by atoms with Gasteiger partial charge in [-0.2, -0.15) is 0 Å². The highest BCUT2D eigenvalue weighted by atomic mass is 35.5. The first-order chi connectivity index (χ1) is 14.3. The van der Waals surface area contributed by atoms with Gasteiger partial charge in [0.1, 0.15) is 10.5 Å². The smallest absolute Gasteiger partial charge is 0.181 e. The average Bonchev–Trinajstić information content (AvgIpc) is 2.71. The van der Waals surface area contributed by atoms with Crippen molar-refractivity contribution in [3.05, 3.63) is 58.9 Å². The summed E-state index contributed by atoms with van der Waals surface area (Å²) in [6, 6.07) is 11.8. The molecule has 2 aromatic rings. The number of halogens is 2. The molecule has 1 heterocycles. The lowest BCUT2D eigenvalue weighted by atomic mass is 9.89. The van der Waals surface area contributed by atoms with E-state index in [9.17, 15) is 4.55 Å². The molecule has 0 aliphatic carbocycles. The minimum Gasteiger partial charge on any atom is -0.598 e. The van der Waals surface area contributed by atoms with Crippen LogP contribution >= 0.6 is 11.6 Å². The monoisotopic (exact) mass is 453 g/mol. The SMILES string of the molecule is CC(C)(C)[S@@+]([O-])N[C@@H](CC1CCOCC1)c1ccc(Cl)c(Oc2ccccc2)c1F. The minimum atomic E-state index is -1.35. The van der Waals surface area contributed by atoms with Gasteiger partial charge in [-0.05, 0) is 64.2 Å². The maximum absolute atomic E-state index is 15.6. The molecule has 1 saturated heterocycles. The van der Waals surface area contributed by atoms with Gasteiger partial charge < -0.3 is 14.0 Å². The summed E-state index contributed by atoms with van der Waals surface area (Å²) in [5.41, 5.74) is 0.412. The number of hydrogen-bond donors (Lipinski definition) is 1. The van der Waals surface area contributed by atoms with E-state index in [-0.39, 0.29) is 10.8 Å². The molecule has 1 N–H and O–H groups in total. The van der Waals surface area contributed by atoms with Crippen LogP contribution in [0.15, 0.2) is 42.5 Å². The number of ether oxygens (including phenoxy) is 2. The van der Waals surface area contributed by atoms with Crippen molar-refractivity contribution in [2.24, 2.45) is 5.92 Å². The normalized spacial score (nSPS) is 17.5. The fraction of sp³-hybridized carbons (Fsp3) is 0.478. The van der Waals surface area contributed by atoms with E-state index in [1.54, 1.807) is 24.3 Å². The molecule has 0 bridgehead atoms. The van der Waals surface area contributed by atoms with Gasteiger partial charge in [0, 0.05) is 30.1 Å². The Bertz CT molecular complexity index is 825. The maximum Gasteiger partial charge on any atom is 0.181 e. The number of para-hydroxylation sites is 1. The Labute approximate surface area is 186 Å². The van der Waals surface area contributed by atoms with Crippen molar-refractivity contribution in [1.29, 1.82) is 0 Å². The Kier molecular flexibility index (Phi) is 8.04. The summed E-state index contributed by atoms with van der Waals surface area (Å²) in [6.07, 6.45) is 2.47. The van der Waals surface area contributed by atoms with Crippen molar-refractivity contribution < 1.29 is 18.4 Å². The van der Waals surface area contributed by atoms with Gasteiger partial charge in [0.05, 0.1) is 11.1 Å². The van der Waals surface area contributed by atoms with Crippen LogP contribution in [-0.2, 0) is 16.1 Å². The topological polar surface area (TPSA) is 53.5 Å². The molecular weight excluding hydrogens is 425 g/mol. The Morgan fingerprint density at radius 3 is 2.50 bits per heavy atom. The number of benzene rings is 2. The van der Waals surface area contributed by atoms with Crippen molar-refractivity contribution in [3.8, 4) is 11.5 Å². The quantitative estimate of drug-likeness (QED) is 0.508. The molecule has 0 unspecified atom stereocenters. The molecule has 0 aromatic heterocycles. The van der Waals surface area contributed by atoms with Crippen molar-refractivity contribution in [3.63, 3.8) is 0 Å². The largest absolute Gasteiger partial charge is 0.598 e. The molecule has 3 rings (SSSR count). The van der Waals surface area contributed by atoms with E-state index < -0.39 is 28.0 Å². The van der Waals surface area contributed by atoms with Crippen LogP contribution < -0.4 is 9.46 Å². The van der Waals surface area contributed by atoms with E-state index in [4.69, 9.17) is 21.1 Å². The third kappa shape index (κ3) is 6.11. The van der Waals surface area contributed by atoms with Crippen LogP contribution in [0.5, 0.6) is 11.5 Å². The van der Waals surface area contributed by atoms with E-state index >= 15 is 4.39 Å². The Hall–Kier alpha value is -1.31. The van der Waals surface area contributed by atoms with Gasteiger partial charge in [-0.15, -0.1) is 4.72 Å². The zero-order valence-corrected chi connectivity index (χ0v) is 19.2. The van der Waals surface area contributed by atoms with Gasteiger partial charge in [-0.3, -0.25) is 0 Å². The fourth-order valence-corrected chi connectivity index (χ4v) is 4.40. The average molecular weight is 454 g/mol. The van der Waals surface area contributed by atoms with Crippen molar-refractivity contribution in [2.45, 2.75) is 50.8 Å². The summed E-state index contributed by atoms with van der Waals surface area (Å²) >= 11 is 4.91. The van der Waals surface area contributed by atoms with Crippen LogP contribution in [0.25, 0.3) is 0 Å². The number of hydrogen-bond acceptors (Lipinski definition) is 4. The second-order valence-electron chi connectivity index (χ2n) is 8.54. The van der Waals surface area contributed by atoms with Crippen LogP contribution in [0, 0.1) is 11.7 Å². The molecule has 0 saturated carbocycles. The highest BCUT2D eigenvalue weighted by Gasteiger charge is 2.33. The molecule has 0 radical (unpaired) electrons. The second kappa shape index (κ2) is 10.3. The van der Waals surface area contributed by atoms with E-state index in [2.05, 4.69) is 4.72 Å². The summed E-state index contributed by atoms with van der Waals surface area (Å²) in [5.74, 6) is 0.326. The third-order valence-electron chi connectivity index (χ3n) is 5.13. The summed E-state index contributed by atoms with van der Waals surface area (Å²) in [6.45, 7) is 7.08. The zero-order valence-electron chi connectivity index (χ0n) is 17.6. The molecule has 30 heavy (non-hydrogen) atoms. The summed E-state index contributed by atoms with van der Waals surface area (Å²) in [5, 5.41) is 0.196. The van der Waals surface area contributed by atoms with Crippen LogP contribution in [0.3, 0.4) is 0 Å². The summed E-state index contributed by atoms with van der Waals surface area (Å²) < 4.78 is 42.3. The van der Waals surface area contributed by atoms with Gasteiger partial charge in [0.2, 0.25) is 0 Å². The lowest BCUT2D eigenvalue weighted by molar-refractivity contribution is 0.0612. The molecule has 0 amide bonds. The lowest BCUT2D eigenvalue weighted by Crippen LogP contribution is -2.42. The third-order valence-corrected chi connectivity index (χ3v) is 7.04. The van der Waals surface area contributed by atoms with Gasteiger partial charge in [-0.25, -0.2) is 4.39 Å². The molecule has 4 nitrogen and oxygen atoms in total. The molecular formula is C23H29ClFNO3S. The van der Waals surface area contributed by atoms with Gasteiger partial charge in [-0.1, -0.05) is 35.9 Å². The van der Waals surface area contributed by atoms with Crippen molar-refractivity contribution in [1.82, 2.24) is 4.72 Å². The van der Waals surface area contributed by atoms with Gasteiger partial charge in [0.15, 0.2) is 11.6 Å². The molecule has 1 aliphatic rings. The van der Waals surface area contributed by atoms with Crippen LogP contribution in [-0.4, -0.2) is 22.5 Å². The molecule has 2 atom stereocenters. The summed E-state index contributed by atoms with van der Waals surface area (Å²) in [4.78, 5) is 0. The molecule has 164 valence electrons. The number of nitrogens with one attached hydrogen (secondary N) is 1. The fourth-order valence-electron chi connectivity index (χ4n) is 3.38. The second-order valence-corrected chi connectivity index (χ2v) is 10.9. The standard InChI is InChI=1S/C23H29ClFNO3S/c1-23(2,3)30(27)26-20(15-16-11-13-28-14-12-16)18-9-10-19(24)22(21(18)25)29-17-7-5-4-6-8-17/h4-10,16,20,26H,11-15H2,1-3H3/t20-,30+/m0/s1. The Morgan fingerprint density at radius 2 is 1.87 bits per heavy atom. The first-order valence-electron chi connectivity index (χ1n) is 10.2. The Balaban J connectivity index is 1.91. The lowest BCUT2D eigenvalue weighted by Gasteiger charge is -2.31. The molecule has 2 aromatic carbocycles. The molecule has 7 heteroatoms. The zero-order chi connectivity index (χ0) is 21.7. The predicted octanol–water partition coefficient (Wildman–Crippen LogP) is 6.18. The van der Waals surface area contributed by atoms with Crippen LogP contribution in [0.2, 0.25) is 5.02 Å². The first-order valence-corrected chi connectivity index (χ1v) is 11.7. The van der Waals surface area contributed by atoms with E-state index in [1.807, 2.05) is 39.0 Å². The highest BCUT2D eigenvalue weighted by Crippen LogP contribution is 2.38. The molecule has 0 spiro atoms. The minimum absolute atomic E-state index is 0.0133. The van der Waals surface area contributed by atoms with Crippen LogP contribution in [0.1, 0.15) is 51.6 Å².